The Morgan fingerprint density at radius 1 is 1.19 bits per heavy atom. The molecule has 0 radical (unpaired) electrons. The fourth-order valence-electron chi connectivity index (χ4n) is 3.23. The molecule has 0 aliphatic heterocycles. The normalized spacial score (nSPS) is 16.7. The Hall–Kier alpha value is -1.77. The quantitative estimate of drug-likeness (QED) is 0.740. The summed E-state index contributed by atoms with van der Waals surface area (Å²) in [6.45, 7) is 1.93. The van der Waals surface area contributed by atoms with Crippen molar-refractivity contribution in [1.29, 1.82) is 0 Å². The maximum atomic E-state index is 6.01. The highest BCUT2D eigenvalue weighted by atomic mass is 35.5. The van der Waals surface area contributed by atoms with Crippen LogP contribution in [0.3, 0.4) is 0 Å². The maximum Gasteiger partial charge on any atom is 0.0472 e. The summed E-state index contributed by atoms with van der Waals surface area (Å²) in [5, 5.41) is 5.61. The summed E-state index contributed by atoms with van der Waals surface area (Å²) in [6.07, 6.45) is 3.27. The maximum absolute atomic E-state index is 6.01. The fourth-order valence-corrected chi connectivity index (χ4v) is 3.40. The second-order valence-electron chi connectivity index (χ2n) is 5.73. The molecule has 0 saturated carbocycles. The minimum atomic E-state index is 0.667. The lowest BCUT2D eigenvalue weighted by molar-refractivity contribution is 0.536. The monoisotopic (exact) mass is 296 g/mol. The Morgan fingerprint density at radius 3 is 3.00 bits per heavy atom. The van der Waals surface area contributed by atoms with Crippen molar-refractivity contribution in [3.8, 4) is 0 Å². The number of aromatic amines is 1. The van der Waals surface area contributed by atoms with Crippen LogP contribution in [0.15, 0.2) is 48.7 Å². The van der Waals surface area contributed by atoms with E-state index < -0.39 is 0 Å². The van der Waals surface area contributed by atoms with E-state index in [1.807, 2.05) is 12.1 Å². The smallest absolute Gasteiger partial charge is 0.0472 e. The number of hydrogen-bond donors (Lipinski definition) is 2. The summed E-state index contributed by atoms with van der Waals surface area (Å²) < 4.78 is 0. The highest BCUT2D eigenvalue weighted by Crippen LogP contribution is 2.34. The number of nitrogens with one attached hydrogen (secondary N) is 2. The lowest BCUT2D eigenvalue weighted by atomic mass is 9.77. The van der Waals surface area contributed by atoms with Gasteiger partial charge in [0.15, 0.2) is 0 Å². The molecule has 0 fully saturated rings. The average molecular weight is 297 g/mol. The zero-order valence-corrected chi connectivity index (χ0v) is 12.5. The zero-order valence-electron chi connectivity index (χ0n) is 11.7. The Labute approximate surface area is 129 Å². The van der Waals surface area contributed by atoms with Crippen molar-refractivity contribution in [3.63, 3.8) is 0 Å². The lowest BCUT2D eigenvalue weighted by Gasteiger charge is -2.30. The predicted octanol–water partition coefficient (Wildman–Crippen LogP) is 4.25. The molecule has 4 rings (SSSR count). The molecule has 1 aromatic heterocycles. The van der Waals surface area contributed by atoms with E-state index in [0.29, 0.717) is 5.92 Å². The van der Waals surface area contributed by atoms with Crippen molar-refractivity contribution in [3.05, 3.63) is 70.4 Å². The first-order valence-electron chi connectivity index (χ1n) is 7.35. The van der Waals surface area contributed by atoms with Crippen molar-refractivity contribution in [2.24, 2.45) is 0 Å². The highest BCUT2D eigenvalue weighted by Gasteiger charge is 2.24. The van der Waals surface area contributed by atoms with Gasteiger partial charge in [0.1, 0.15) is 0 Å². The van der Waals surface area contributed by atoms with Gasteiger partial charge in [0.25, 0.3) is 0 Å². The third-order valence-corrected chi connectivity index (χ3v) is 4.63. The zero-order chi connectivity index (χ0) is 14.2. The number of H-pyrrole nitrogens is 1. The lowest BCUT2D eigenvalue weighted by Crippen LogP contribution is -2.28. The minimum Gasteiger partial charge on any atom is -0.361 e. The molecular weight excluding hydrogens is 280 g/mol. The molecule has 2 nitrogen and oxygen atoms in total. The molecule has 1 aliphatic rings. The van der Waals surface area contributed by atoms with Crippen LogP contribution in [0.5, 0.6) is 0 Å². The molecule has 21 heavy (non-hydrogen) atoms. The van der Waals surface area contributed by atoms with Gasteiger partial charge in [0.05, 0.1) is 0 Å². The second-order valence-corrected chi connectivity index (χ2v) is 6.17. The first kappa shape index (κ1) is 12.9. The standard InChI is InChI=1S/C18H17ClN2/c19-15-5-6-17-14(11-21-18(17)8-15)10-20-9-13-7-12-3-1-2-4-16(12)13/h1-6,8,11,13,20-21H,7,9-10H2. The van der Waals surface area contributed by atoms with Gasteiger partial charge < -0.3 is 10.3 Å². The SMILES string of the molecule is Clc1ccc2c(CNCC3Cc4ccccc43)c[nH]c2c1. The van der Waals surface area contributed by atoms with Crippen LogP contribution in [-0.4, -0.2) is 11.5 Å². The van der Waals surface area contributed by atoms with E-state index >= 15 is 0 Å². The van der Waals surface area contributed by atoms with E-state index in [-0.39, 0.29) is 0 Å². The summed E-state index contributed by atoms with van der Waals surface area (Å²) in [5.41, 5.74) is 5.42. The summed E-state index contributed by atoms with van der Waals surface area (Å²) in [5.74, 6) is 0.667. The summed E-state index contributed by atoms with van der Waals surface area (Å²) >= 11 is 6.01. The Bertz CT molecular complexity index is 791. The molecular formula is C18H17ClN2. The molecule has 0 saturated heterocycles. The van der Waals surface area contributed by atoms with E-state index in [2.05, 4.69) is 46.8 Å². The number of hydrogen-bond acceptors (Lipinski definition) is 1. The van der Waals surface area contributed by atoms with Crippen molar-refractivity contribution in [1.82, 2.24) is 10.3 Å². The Kier molecular flexibility index (Phi) is 3.21. The molecule has 1 atom stereocenters. The van der Waals surface area contributed by atoms with Crippen LogP contribution in [0.1, 0.15) is 22.6 Å². The van der Waals surface area contributed by atoms with E-state index in [4.69, 9.17) is 11.6 Å². The molecule has 1 unspecified atom stereocenters. The largest absolute Gasteiger partial charge is 0.361 e. The predicted molar refractivity (Wildman–Crippen MR) is 87.9 cm³/mol. The molecule has 2 N–H and O–H groups in total. The molecule has 0 spiro atoms. The van der Waals surface area contributed by atoms with Gasteiger partial charge in [-0.1, -0.05) is 41.9 Å². The number of benzene rings is 2. The molecule has 1 heterocycles. The summed E-state index contributed by atoms with van der Waals surface area (Å²) in [7, 11) is 0. The van der Waals surface area contributed by atoms with Crippen molar-refractivity contribution in [2.75, 3.05) is 6.54 Å². The first-order chi connectivity index (χ1) is 10.3. The molecule has 2 aromatic carbocycles. The third-order valence-electron chi connectivity index (χ3n) is 4.40. The van der Waals surface area contributed by atoms with Gasteiger partial charge >= 0.3 is 0 Å². The van der Waals surface area contributed by atoms with Crippen LogP contribution in [0, 0.1) is 0 Å². The second kappa shape index (κ2) is 5.21. The van der Waals surface area contributed by atoms with Gasteiger partial charge in [0, 0.05) is 41.1 Å². The molecule has 106 valence electrons. The number of fused-ring (bicyclic) bond motifs is 2. The van der Waals surface area contributed by atoms with E-state index in [1.165, 1.54) is 28.5 Å². The van der Waals surface area contributed by atoms with Crippen LogP contribution >= 0.6 is 11.6 Å². The van der Waals surface area contributed by atoms with Crippen LogP contribution < -0.4 is 5.32 Å². The summed E-state index contributed by atoms with van der Waals surface area (Å²) in [6, 6.07) is 14.7. The van der Waals surface area contributed by atoms with E-state index in [1.54, 1.807) is 0 Å². The highest BCUT2D eigenvalue weighted by molar-refractivity contribution is 6.31. The Balaban J connectivity index is 1.41. The number of halogens is 1. The van der Waals surface area contributed by atoms with Crippen LogP contribution in [0.25, 0.3) is 10.9 Å². The number of rotatable bonds is 4. The van der Waals surface area contributed by atoms with Crippen molar-refractivity contribution >= 4 is 22.5 Å². The third kappa shape index (κ3) is 2.35. The van der Waals surface area contributed by atoms with Gasteiger partial charge in [-0.05, 0) is 35.2 Å². The molecule has 1 aliphatic carbocycles. The van der Waals surface area contributed by atoms with Gasteiger partial charge in [-0.3, -0.25) is 0 Å². The fraction of sp³-hybridized carbons (Fsp3) is 0.222. The van der Waals surface area contributed by atoms with Gasteiger partial charge in [-0.25, -0.2) is 0 Å². The number of aromatic nitrogens is 1. The molecule has 0 bridgehead atoms. The van der Waals surface area contributed by atoms with Gasteiger partial charge in [-0.2, -0.15) is 0 Å². The van der Waals surface area contributed by atoms with Gasteiger partial charge in [-0.15, -0.1) is 0 Å². The van der Waals surface area contributed by atoms with Crippen molar-refractivity contribution in [2.45, 2.75) is 18.9 Å². The molecule has 0 amide bonds. The van der Waals surface area contributed by atoms with Crippen molar-refractivity contribution < 1.29 is 0 Å². The Morgan fingerprint density at radius 2 is 2.10 bits per heavy atom. The topological polar surface area (TPSA) is 27.8 Å². The van der Waals surface area contributed by atoms with Crippen LogP contribution in [0.4, 0.5) is 0 Å². The molecule has 3 aromatic rings. The summed E-state index contributed by atoms with van der Waals surface area (Å²) in [4.78, 5) is 3.29. The van der Waals surface area contributed by atoms with Crippen LogP contribution in [0.2, 0.25) is 5.02 Å². The minimum absolute atomic E-state index is 0.667. The van der Waals surface area contributed by atoms with Gasteiger partial charge in [0.2, 0.25) is 0 Å². The van der Waals surface area contributed by atoms with E-state index in [0.717, 1.165) is 23.6 Å². The van der Waals surface area contributed by atoms with Crippen LogP contribution in [-0.2, 0) is 13.0 Å². The molecule has 3 heteroatoms. The average Bonchev–Trinajstić information content (AvgIpc) is 2.86. The first-order valence-corrected chi connectivity index (χ1v) is 7.73. The van der Waals surface area contributed by atoms with E-state index in [9.17, 15) is 0 Å².